The summed E-state index contributed by atoms with van der Waals surface area (Å²) in [5, 5.41) is 2.54. The lowest BCUT2D eigenvalue weighted by molar-refractivity contribution is -0.140. The maximum atomic E-state index is 12.2. The summed E-state index contributed by atoms with van der Waals surface area (Å²) in [6.45, 7) is 2.64. The predicted octanol–water partition coefficient (Wildman–Crippen LogP) is 0.0984. The maximum Gasteiger partial charge on any atom is 0.239 e. The molecule has 5 nitrogen and oxygen atoms in total. The van der Waals surface area contributed by atoms with E-state index in [4.69, 9.17) is 5.73 Å². The van der Waals surface area contributed by atoms with E-state index in [1.54, 1.807) is 11.9 Å². The van der Waals surface area contributed by atoms with Crippen LogP contribution in [0.3, 0.4) is 0 Å². The zero-order valence-corrected chi connectivity index (χ0v) is 10.7. The molecule has 0 aromatic carbocycles. The van der Waals surface area contributed by atoms with E-state index in [9.17, 15) is 9.59 Å². The fourth-order valence-corrected chi connectivity index (χ4v) is 2.22. The van der Waals surface area contributed by atoms with Crippen molar-refractivity contribution >= 4 is 11.8 Å². The van der Waals surface area contributed by atoms with Crippen molar-refractivity contribution in [3.05, 3.63) is 0 Å². The number of nitrogens with one attached hydrogen (secondary N) is 1. The van der Waals surface area contributed by atoms with Crippen LogP contribution >= 0.6 is 0 Å². The normalized spacial score (nSPS) is 24.2. The highest BCUT2D eigenvalue weighted by atomic mass is 16.2. The number of amides is 2. The average Bonchev–Trinajstić information content (AvgIpc) is 2.35. The van der Waals surface area contributed by atoms with Crippen molar-refractivity contribution in [1.29, 1.82) is 0 Å². The summed E-state index contributed by atoms with van der Waals surface area (Å²) >= 11 is 0. The zero-order valence-electron chi connectivity index (χ0n) is 10.7. The molecule has 1 aliphatic carbocycles. The molecule has 0 saturated heterocycles. The van der Waals surface area contributed by atoms with Gasteiger partial charge in [-0.25, -0.2) is 0 Å². The Morgan fingerprint density at radius 3 is 2.35 bits per heavy atom. The fraction of sp³-hybridized carbons (Fsp3) is 0.833. The van der Waals surface area contributed by atoms with E-state index in [1.807, 2.05) is 6.92 Å². The second-order valence-corrected chi connectivity index (χ2v) is 4.64. The van der Waals surface area contributed by atoms with E-state index in [0.29, 0.717) is 6.54 Å². The molecule has 3 N–H and O–H groups in total. The molecule has 2 amide bonds. The van der Waals surface area contributed by atoms with E-state index in [-0.39, 0.29) is 30.3 Å². The van der Waals surface area contributed by atoms with Crippen LogP contribution in [-0.4, -0.2) is 42.9 Å². The Morgan fingerprint density at radius 1 is 1.29 bits per heavy atom. The highest BCUT2D eigenvalue weighted by molar-refractivity contribution is 5.85. The highest BCUT2D eigenvalue weighted by Crippen LogP contribution is 2.24. The van der Waals surface area contributed by atoms with Crippen molar-refractivity contribution in [3.63, 3.8) is 0 Å². The van der Waals surface area contributed by atoms with Gasteiger partial charge in [0.05, 0.1) is 6.54 Å². The van der Waals surface area contributed by atoms with Gasteiger partial charge in [-0.3, -0.25) is 9.59 Å². The Morgan fingerprint density at radius 2 is 1.88 bits per heavy atom. The van der Waals surface area contributed by atoms with Crippen LogP contribution in [0.25, 0.3) is 0 Å². The van der Waals surface area contributed by atoms with Gasteiger partial charge in [-0.1, -0.05) is 0 Å². The van der Waals surface area contributed by atoms with Gasteiger partial charge in [-0.2, -0.15) is 0 Å². The first-order valence-electron chi connectivity index (χ1n) is 6.33. The topological polar surface area (TPSA) is 75.4 Å². The van der Waals surface area contributed by atoms with Crippen LogP contribution in [-0.2, 0) is 9.59 Å². The van der Waals surface area contributed by atoms with Crippen LogP contribution < -0.4 is 11.1 Å². The van der Waals surface area contributed by atoms with Gasteiger partial charge in [-0.05, 0) is 32.6 Å². The lowest BCUT2D eigenvalue weighted by Gasteiger charge is -2.30. The standard InChI is InChI=1S/C12H23N3O2/c1-3-15(8-11(16)14-2)12(17)9-4-6-10(13)7-5-9/h9-10H,3-8,13H2,1-2H3,(H,14,16). The number of hydrogen-bond donors (Lipinski definition) is 2. The van der Waals surface area contributed by atoms with Crippen LogP contribution in [0.2, 0.25) is 0 Å². The maximum absolute atomic E-state index is 12.2. The second kappa shape index (κ2) is 6.59. The zero-order chi connectivity index (χ0) is 12.8. The quantitative estimate of drug-likeness (QED) is 0.733. The highest BCUT2D eigenvalue weighted by Gasteiger charge is 2.28. The molecular weight excluding hydrogens is 218 g/mol. The first-order valence-corrected chi connectivity index (χ1v) is 6.33. The SMILES string of the molecule is CCN(CC(=O)NC)C(=O)C1CCC(N)CC1. The third-order valence-corrected chi connectivity index (χ3v) is 3.43. The van der Waals surface area contributed by atoms with E-state index in [1.165, 1.54) is 0 Å². The number of likely N-dealkylation sites (N-methyl/N-ethyl adjacent to an activating group) is 2. The lowest BCUT2D eigenvalue weighted by atomic mass is 9.85. The molecule has 1 fully saturated rings. The van der Waals surface area contributed by atoms with Gasteiger partial charge < -0.3 is 16.0 Å². The molecule has 1 aliphatic rings. The Hall–Kier alpha value is -1.10. The predicted molar refractivity (Wildman–Crippen MR) is 66.3 cm³/mol. The number of rotatable bonds is 4. The van der Waals surface area contributed by atoms with Gasteiger partial charge in [0.25, 0.3) is 0 Å². The van der Waals surface area contributed by atoms with E-state index in [0.717, 1.165) is 25.7 Å². The third-order valence-electron chi connectivity index (χ3n) is 3.43. The molecule has 1 saturated carbocycles. The summed E-state index contributed by atoms with van der Waals surface area (Å²) in [5.74, 6) is 0.0371. The molecule has 0 spiro atoms. The summed E-state index contributed by atoms with van der Waals surface area (Å²) in [4.78, 5) is 25.1. The number of carbonyl (C=O) groups is 2. The Balaban J connectivity index is 2.51. The molecule has 0 unspecified atom stereocenters. The number of nitrogens with zero attached hydrogens (tertiary/aromatic N) is 1. The summed E-state index contributed by atoms with van der Waals surface area (Å²) in [5.41, 5.74) is 5.82. The third kappa shape index (κ3) is 4.00. The molecule has 0 aromatic heterocycles. The molecule has 0 atom stereocenters. The second-order valence-electron chi connectivity index (χ2n) is 4.64. The summed E-state index contributed by atoms with van der Waals surface area (Å²) < 4.78 is 0. The molecule has 5 heteroatoms. The Bertz CT molecular complexity index is 273. The fourth-order valence-electron chi connectivity index (χ4n) is 2.22. The van der Waals surface area contributed by atoms with Crippen molar-refractivity contribution in [2.45, 2.75) is 38.6 Å². The van der Waals surface area contributed by atoms with Crippen molar-refractivity contribution in [1.82, 2.24) is 10.2 Å². The van der Waals surface area contributed by atoms with Gasteiger partial charge in [-0.15, -0.1) is 0 Å². The van der Waals surface area contributed by atoms with Gasteiger partial charge in [0, 0.05) is 25.6 Å². The number of carbonyl (C=O) groups excluding carboxylic acids is 2. The van der Waals surface area contributed by atoms with Crippen LogP contribution in [0.4, 0.5) is 0 Å². The van der Waals surface area contributed by atoms with E-state index < -0.39 is 0 Å². The van der Waals surface area contributed by atoms with Crippen molar-refractivity contribution in [3.8, 4) is 0 Å². The largest absolute Gasteiger partial charge is 0.358 e. The molecule has 0 bridgehead atoms. The van der Waals surface area contributed by atoms with Crippen molar-refractivity contribution in [2.75, 3.05) is 20.1 Å². The van der Waals surface area contributed by atoms with Gasteiger partial charge in [0.15, 0.2) is 0 Å². The molecule has 0 aliphatic heterocycles. The summed E-state index contributed by atoms with van der Waals surface area (Å²) in [6, 6.07) is 0.244. The van der Waals surface area contributed by atoms with Crippen LogP contribution in [0.1, 0.15) is 32.6 Å². The van der Waals surface area contributed by atoms with Crippen LogP contribution in [0.5, 0.6) is 0 Å². The van der Waals surface area contributed by atoms with Crippen LogP contribution in [0, 0.1) is 5.92 Å². The molecule has 0 heterocycles. The van der Waals surface area contributed by atoms with Gasteiger partial charge in [0.1, 0.15) is 0 Å². The minimum atomic E-state index is -0.118. The molecule has 1 rings (SSSR count). The molecule has 17 heavy (non-hydrogen) atoms. The monoisotopic (exact) mass is 241 g/mol. The van der Waals surface area contributed by atoms with E-state index in [2.05, 4.69) is 5.32 Å². The Kier molecular flexibility index (Phi) is 5.41. The van der Waals surface area contributed by atoms with Gasteiger partial charge >= 0.3 is 0 Å². The smallest absolute Gasteiger partial charge is 0.239 e. The van der Waals surface area contributed by atoms with Crippen molar-refractivity contribution < 1.29 is 9.59 Å². The number of nitrogens with two attached hydrogens (primary N) is 1. The first kappa shape index (κ1) is 14.0. The molecule has 98 valence electrons. The first-order chi connectivity index (χ1) is 8.08. The summed E-state index contributed by atoms with van der Waals surface area (Å²) in [6.07, 6.45) is 3.52. The van der Waals surface area contributed by atoms with E-state index >= 15 is 0 Å². The van der Waals surface area contributed by atoms with Crippen LogP contribution in [0.15, 0.2) is 0 Å². The number of hydrogen-bond acceptors (Lipinski definition) is 3. The molecule has 0 radical (unpaired) electrons. The minimum Gasteiger partial charge on any atom is -0.358 e. The minimum absolute atomic E-state index is 0.0550. The lowest BCUT2D eigenvalue weighted by Crippen LogP contribution is -2.44. The summed E-state index contributed by atoms with van der Waals surface area (Å²) in [7, 11) is 1.58. The van der Waals surface area contributed by atoms with Gasteiger partial charge in [0.2, 0.25) is 11.8 Å². The molecule has 0 aromatic rings. The molecular formula is C12H23N3O2. The Labute approximate surface area is 103 Å². The average molecular weight is 241 g/mol. The van der Waals surface area contributed by atoms with Crippen molar-refractivity contribution in [2.24, 2.45) is 11.7 Å².